The number of hydrogen-bond acceptors (Lipinski definition) is 4. The van der Waals surface area contributed by atoms with Crippen molar-refractivity contribution in [2.45, 2.75) is 17.7 Å². The molecule has 118 valence electrons. The molecule has 1 aromatic carbocycles. The third-order valence-corrected chi connectivity index (χ3v) is 5.05. The van der Waals surface area contributed by atoms with Crippen molar-refractivity contribution in [2.75, 3.05) is 32.8 Å². The highest BCUT2D eigenvalue weighted by Crippen LogP contribution is 2.20. The van der Waals surface area contributed by atoms with Gasteiger partial charge in [-0.1, -0.05) is 0 Å². The van der Waals surface area contributed by atoms with Gasteiger partial charge < -0.3 is 10.1 Å². The second-order valence-electron chi connectivity index (χ2n) is 4.68. The largest absolute Gasteiger partial charge is 0.488 e. The van der Waals surface area contributed by atoms with Crippen LogP contribution in [0.1, 0.15) is 6.42 Å². The first-order chi connectivity index (χ1) is 10.00. The van der Waals surface area contributed by atoms with Crippen molar-refractivity contribution < 1.29 is 21.9 Å². The number of rotatable bonds is 5. The molecule has 1 heterocycles. The van der Waals surface area contributed by atoms with E-state index in [1.165, 1.54) is 28.6 Å². The van der Waals surface area contributed by atoms with Gasteiger partial charge in [0.2, 0.25) is 10.0 Å². The van der Waals surface area contributed by atoms with Crippen molar-refractivity contribution in [3.05, 3.63) is 24.3 Å². The van der Waals surface area contributed by atoms with Crippen LogP contribution in [0.4, 0.5) is 8.78 Å². The number of hydrogen-bond donors (Lipinski definition) is 1. The topological polar surface area (TPSA) is 58.6 Å². The van der Waals surface area contributed by atoms with Crippen LogP contribution < -0.4 is 10.1 Å². The summed E-state index contributed by atoms with van der Waals surface area (Å²) in [6, 6.07) is 5.56. The molecule has 0 atom stereocenters. The predicted octanol–water partition coefficient (Wildman–Crippen LogP) is 1.31. The van der Waals surface area contributed by atoms with E-state index in [9.17, 15) is 17.2 Å². The zero-order valence-electron chi connectivity index (χ0n) is 11.5. The van der Waals surface area contributed by atoms with Crippen LogP contribution in [0.25, 0.3) is 0 Å². The summed E-state index contributed by atoms with van der Waals surface area (Å²) in [4.78, 5) is 0.147. The zero-order chi connectivity index (χ0) is 15.3. The Morgan fingerprint density at radius 2 is 1.90 bits per heavy atom. The van der Waals surface area contributed by atoms with Crippen LogP contribution in [0.3, 0.4) is 0 Å². The van der Waals surface area contributed by atoms with E-state index >= 15 is 0 Å². The minimum Gasteiger partial charge on any atom is -0.488 e. The Morgan fingerprint density at radius 3 is 2.57 bits per heavy atom. The average Bonchev–Trinajstić information content (AvgIpc) is 2.75. The molecule has 0 aromatic heterocycles. The molecule has 1 saturated heterocycles. The Hall–Kier alpha value is -1.25. The molecule has 1 fully saturated rings. The Labute approximate surface area is 122 Å². The molecule has 8 heteroatoms. The summed E-state index contributed by atoms with van der Waals surface area (Å²) in [6.07, 6.45) is -1.80. The molecule has 1 aliphatic heterocycles. The fourth-order valence-corrected chi connectivity index (χ4v) is 3.56. The monoisotopic (exact) mass is 320 g/mol. The lowest BCUT2D eigenvalue weighted by atomic mass is 10.3. The van der Waals surface area contributed by atoms with Gasteiger partial charge in [0.1, 0.15) is 12.4 Å². The minimum atomic E-state index is -3.54. The third kappa shape index (κ3) is 4.36. The lowest BCUT2D eigenvalue weighted by Crippen LogP contribution is -2.34. The van der Waals surface area contributed by atoms with Gasteiger partial charge in [0, 0.05) is 19.6 Å². The van der Waals surface area contributed by atoms with Crippen molar-refractivity contribution in [3.8, 4) is 5.75 Å². The van der Waals surface area contributed by atoms with E-state index in [0.29, 0.717) is 19.6 Å². The smallest absolute Gasteiger partial charge is 0.272 e. The van der Waals surface area contributed by atoms with E-state index in [1.54, 1.807) is 0 Å². The summed E-state index contributed by atoms with van der Waals surface area (Å²) in [5, 5.41) is 3.14. The Bertz CT molecular complexity index is 541. The highest BCUT2D eigenvalue weighted by molar-refractivity contribution is 7.89. The van der Waals surface area contributed by atoms with Gasteiger partial charge in [-0.05, 0) is 37.2 Å². The summed E-state index contributed by atoms with van der Waals surface area (Å²) in [6.45, 7) is 1.61. The molecule has 0 amide bonds. The van der Waals surface area contributed by atoms with Gasteiger partial charge in [-0.25, -0.2) is 17.2 Å². The maximum Gasteiger partial charge on any atom is 0.272 e. The molecule has 0 spiro atoms. The molecule has 1 aliphatic rings. The summed E-state index contributed by atoms with van der Waals surface area (Å²) >= 11 is 0. The number of alkyl halides is 2. The summed E-state index contributed by atoms with van der Waals surface area (Å²) in [7, 11) is -3.54. The van der Waals surface area contributed by atoms with E-state index in [4.69, 9.17) is 4.74 Å². The number of nitrogens with zero attached hydrogens (tertiary/aromatic N) is 1. The van der Waals surface area contributed by atoms with Crippen LogP contribution in [0.5, 0.6) is 5.75 Å². The number of benzene rings is 1. The minimum absolute atomic E-state index is 0.147. The maximum absolute atomic E-state index is 12.5. The van der Waals surface area contributed by atoms with Crippen LogP contribution in [-0.2, 0) is 10.0 Å². The van der Waals surface area contributed by atoms with E-state index < -0.39 is 23.1 Å². The summed E-state index contributed by atoms with van der Waals surface area (Å²) in [5.41, 5.74) is 0. The van der Waals surface area contributed by atoms with Crippen molar-refractivity contribution in [3.63, 3.8) is 0 Å². The van der Waals surface area contributed by atoms with Crippen molar-refractivity contribution >= 4 is 10.0 Å². The fourth-order valence-electron chi connectivity index (χ4n) is 2.08. The summed E-state index contributed by atoms with van der Waals surface area (Å²) in [5.74, 6) is 0.229. The van der Waals surface area contributed by atoms with Crippen LogP contribution >= 0.6 is 0 Å². The van der Waals surface area contributed by atoms with E-state index in [2.05, 4.69) is 5.32 Å². The van der Waals surface area contributed by atoms with Crippen LogP contribution in [0.15, 0.2) is 29.2 Å². The lowest BCUT2D eigenvalue weighted by molar-refractivity contribution is 0.0819. The number of ether oxygens (including phenoxy) is 1. The van der Waals surface area contributed by atoms with Gasteiger partial charge in [0.05, 0.1) is 4.90 Å². The Morgan fingerprint density at radius 1 is 1.19 bits per heavy atom. The van der Waals surface area contributed by atoms with Gasteiger partial charge in [-0.2, -0.15) is 4.31 Å². The van der Waals surface area contributed by atoms with E-state index in [0.717, 1.165) is 13.0 Å². The van der Waals surface area contributed by atoms with Crippen LogP contribution in [0, 0.1) is 0 Å². The first-order valence-corrected chi connectivity index (χ1v) is 8.16. The maximum atomic E-state index is 12.5. The lowest BCUT2D eigenvalue weighted by Gasteiger charge is -2.19. The molecular weight excluding hydrogens is 302 g/mol. The highest BCUT2D eigenvalue weighted by Gasteiger charge is 2.24. The van der Waals surface area contributed by atoms with Gasteiger partial charge >= 0.3 is 0 Å². The molecule has 0 radical (unpaired) electrons. The predicted molar refractivity (Wildman–Crippen MR) is 74.2 cm³/mol. The van der Waals surface area contributed by atoms with Crippen LogP contribution in [-0.4, -0.2) is 51.9 Å². The zero-order valence-corrected chi connectivity index (χ0v) is 12.3. The van der Waals surface area contributed by atoms with Gasteiger partial charge in [-0.15, -0.1) is 0 Å². The fraction of sp³-hybridized carbons (Fsp3) is 0.538. The second kappa shape index (κ2) is 7.15. The first-order valence-electron chi connectivity index (χ1n) is 6.72. The van der Waals surface area contributed by atoms with Crippen molar-refractivity contribution in [2.24, 2.45) is 0 Å². The molecule has 21 heavy (non-hydrogen) atoms. The van der Waals surface area contributed by atoms with E-state index in [1.807, 2.05) is 0 Å². The average molecular weight is 320 g/mol. The van der Waals surface area contributed by atoms with E-state index in [-0.39, 0.29) is 10.6 Å². The molecule has 5 nitrogen and oxygen atoms in total. The van der Waals surface area contributed by atoms with Crippen molar-refractivity contribution in [1.82, 2.24) is 9.62 Å². The normalized spacial score (nSPS) is 17.7. The molecular formula is C13H18F2N2O3S. The standard InChI is InChI=1S/C13H18F2N2O3S/c14-13(15)10-20-11-2-4-12(5-3-11)21(18,19)17-8-1-6-16-7-9-17/h2-5,13,16H,1,6-10H2. The van der Waals surface area contributed by atoms with Gasteiger partial charge in [-0.3, -0.25) is 0 Å². The molecule has 1 aromatic rings. The Kier molecular flexibility index (Phi) is 5.49. The molecule has 1 N–H and O–H groups in total. The molecule has 0 saturated carbocycles. The quantitative estimate of drug-likeness (QED) is 0.889. The second-order valence-corrected chi connectivity index (χ2v) is 6.62. The van der Waals surface area contributed by atoms with Crippen LogP contribution in [0.2, 0.25) is 0 Å². The molecule has 0 bridgehead atoms. The van der Waals surface area contributed by atoms with Crippen molar-refractivity contribution in [1.29, 1.82) is 0 Å². The highest BCUT2D eigenvalue weighted by atomic mass is 32.2. The number of nitrogens with one attached hydrogen (secondary N) is 1. The van der Waals surface area contributed by atoms with Gasteiger partial charge in [0.25, 0.3) is 6.43 Å². The third-order valence-electron chi connectivity index (χ3n) is 3.14. The number of halogens is 2. The Balaban J connectivity index is 2.09. The first kappa shape index (κ1) is 16.1. The summed E-state index contributed by atoms with van der Waals surface area (Å²) < 4.78 is 55.2. The molecule has 0 aliphatic carbocycles. The molecule has 0 unspecified atom stereocenters. The molecule has 2 rings (SSSR count). The van der Waals surface area contributed by atoms with Gasteiger partial charge in [0.15, 0.2) is 0 Å². The SMILES string of the molecule is O=S(=O)(c1ccc(OCC(F)F)cc1)N1CCCNCC1. The number of sulfonamides is 1.